The van der Waals surface area contributed by atoms with Gasteiger partial charge in [0.25, 0.3) is 0 Å². The first-order valence-electron chi connectivity index (χ1n) is 6.85. The number of methoxy groups -OCH3 is 1. The molecule has 2 N–H and O–H groups in total. The largest absolute Gasteiger partial charge is 0.385 e. The highest BCUT2D eigenvalue weighted by Crippen LogP contribution is 1.88. The monoisotopic (exact) mass is 260 g/mol. The number of carbonyl (C=O) groups is 1. The molecule has 0 fully saturated rings. The second kappa shape index (κ2) is 14.4. The maximum Gasteiger partial charge on any atom is 0.233 e. The lowest BCUT2D eigenvalue weighted by atomic mass is 10.3. The molecule has 0 rings (SSSR count). The summed E-state index contributed by atoms with van der Waals surface area (Å²) in [5.41, 5.74) is 0. The fourth-order valence-electron chi connectivity index (χ4n) is 1.36. The third kappa shape index (κ3) is 13.4. The van der Waals surface area contributed by atoms with E-state index in [-0.39, 0.29) is 5.91 Å². The Morgan fingerprint density at radius 3 is 2.50 bits per heavy atom. The first-order valence-corrected chi connectivity index (χ1v) is 6.85. The number of hydrogen-bond donors (Lipinski definition) is 2. The molecule has 5 nitrogen and oxygen atoms in total. The molecule has 0 bridgehead atoms. The topological polar surface area (TPSA) is 59.6 Å². The van der Waals surface area contributed by atoms with E-state index in [4.69, 9.17) is 9.47 Å². The first kappa shape index (κ1) is 17.4. The van der Waals surface area contributed by atoms with Crippen molar-refractivity contribution in [2.45, 2.75) is 32.6 Å². The number of carbonyl (C=O) groups excluding carboxylic acids is 1. The summed E-state index contributed by atoms with van der Waals surface area (Å²) in [5, 5.41) is 5.92. The van der Waals surface area contributed by atoms with Crippen molar-refractivity contribution in [3.8, 4) is 0 Å². The average molecular weight is 260 g/mol. The zero-order valence-corrected chi connectivity index (χ0v) is 11.8. The quantitative estimate of drug-likeness (QED) is 0.484. The summed E-state index contributed by atoms with van der Waals surface area (Å²) in [6.07, 6.45) is 4.09. The van der Waals surface area contributed by atoms with Crippen LogP contribution in [0.4, 0.5) is 0 Å². The van der Waals surface area contributed by atoms with E-state index >= 15 is 0 Å². The van der Waals surface area contributed by atoms with E-state index in [2.05, 4.69) is 17.6 Å². The molecule has 0 saturated heterocycles. The van der Waals surface area contributed by atoms with Crippen LogP contribution in [0, 0.1) is 0 Å². The predicted octanol–water partition coefficient (Wildman–Crippen LogP) is 0.936. The van der Waals surface area contributed by atoms with Crippen LogP contribution < -0.4 is 10.6 Å². The van der Waals surface area contributed by atoms with Crippen LogP contribution in [0.2, 0.25) is 0 Å². The molecule has 1 amide bonds. The number of ether oxygens (including phenoxy) is 2. The maximum atomic E-state index is 11.3. The number of rotatable bonds is 13. The van der Waals surface area contributed by atoms with Gasteiger partial charge in [-0.2, -0.15) is 0 Å². The predicted molar refractivity (Wildman–Crippen MR) is 72.7 cm³/mol. The second-order valence-corrected chi connectivity index (χ2v) is 4.19. The molecule has 0 radical (unpaired) electrons. The summed E-state index contributed by atoms with van der Waals surface area (Å²) in [4.78, 5) is 11.3. The van der Waals surface area contributed by atoms with Crippen LogP contribution in [0.1, 0.15) is 32.6 Å². The fourth-order valence-corrected chi connectivity index (χ4v) is 1.36. The Bertz CT molecular complexity index is 189. The Hall–Kier alpha value is -0.650. The molecule has 18 heavy (non-hydrogen) atoms. The van der Waals surface area contributed by atoms with E-state index in [0.29, 0.717) is 19.7 Å². The van der Waals surface area contributed by atoms with Gasteiger partial charge in [-0.1, -0.05) is 13.3 Å². The van der Waals surface area contributed by atoms with Crippen molar-refractivity contribution in [3.63, 3.8) is 0 Å². The van der Waals surface area contributed by atoms with Crippen LogP contribution in [0.5, 0.6) is 0 Å². The molecule has 0 heterocycles. The zero-order valence-electron chi connectivity index (χ0n) is 11.8. The molecule has 0 aliphatic rings. The van der Waals surface area contributed by atoms with Crippen molar-refractivity contribution in [2.24, 2.45) is 0 Å². The van der Waals surface area contributed by atoms with E-state index in [1.54, 1.807) is 7.11 Å². The SMILES string of the molecule is CCCCOCCCNCC(=O)NCCCOC. The molecule has 0 aliphatic heterocycles. The minimum absolute atomic E-state index is 0.0398. The minimum atomic E-state index is 0.0398. The Morgan fingerprint density at radius 1 is 1.06 bits per heavy atom. The maximum absolute atomic E-state index is 11.3. The van der Waals surface area contributed by atoms with Crippen LogP contribution in [0.3, 0.4) is 0 Å². The standard InChI is InChI=1S/C13H28N2O3/c1-3-4-10-18-11-5-7-14-12-13(16)15-8-6-9-17-2/h14H,3-12H2,1-2H3,(H,15,16). The number of nitrogens with one attached hydrogen (secondary N) is 2. The van der Waals surface area contributed by atoms with E-state index in [0.717, 1.165) is 39.0 Å². The Morgan fingerprint density at radius 2 is 1.78 bits per heavy atom. The van der Waals surface area contributed by atoms with Crippen LogP contribution in [0.25, 0.3) is 0 Å². The molecule has 0 aromatic rings. The Kier molecular flexibility index (Phi) is 13.9. The van der Waals surface area contributed by atoms with Crippen LogP contribution in [-0.4, -0.2) is 52.5 Å². The van der Waals surface area contributed by atoms with Crippen molar-refractivity contribution in [3.05, 3.63) is 0 Å². The molecule has 108 valence electrons. The molecular weight excluding hydrogens is 232 g/mol. The van der Waals surface area contributed by atoms with Crippen LogP contribution >= 0.6 is 0 Å². The molecule has 0 unspecified atom stereocenters. The molecular formula is C13H28N2O3. The third-order valence-electron chi connectivity index (χ3n) is 2.42. The van der Waals surface area contributed by atoms with Crippen molar-refractivity contribution in [2.75, 3.05) is 46.6 Å². The van der Waals surface area contributed by atoms with Crippen molar-refractivity contribution < 1.29 is 14.3 Å². The highest BCUT2D eigenvalue weighted by Gasteiger charge is 1.98. The van der Waals surface area contributed by atoms with Crippen LogP contribution in [-0.2, 0) is 14.3 Å². The summed E-state index contributed by atoms with van der Waals surface area (Å²) in [6.45, 7) is 6.31. The van der Waals surface area contributed by atoms with Crippen molar-refractivity contribution in [1.82, 2.24) is 10.6 Å². The van der Waals surface area contributed by atoms with Crippen LogP contribution in [0.15, 0.2) is 0 Å². The van der Waals surface area contributed by atoms with Gasteiger partial charge in [-0.15, -0.1) is 0 Å². The minimum Gasteiger partial charge on any atom is -0.385 e. The van der Waals surface area contributed by atoms with E-state index in [9.17, 15) is 4.79 Å². The summed E-state index contributed by atoms with van der Waals surface area (Å²) in [5.74, 6) is 0.0398. The lowest BCUT2D eigenvalue weighted by Crippen LogP contribution is -2.35. The van der Waals surface area contributed by atoms with Gasteiger partial charge < -0.3 is 20.1 Å². The molecule has 0 aromatic carbocycles. The van der Waals surface area contributed by atoms with Crippen molar-refractivity contribution >= 4 is 5.91 Å². The molecule has 0 saturated carbocycles. The zero-order chi connectivity index (χ0) is 13.5. The van der Waals surface area contributed by atoms with Crippen molar-refractivity contribution in [1.29, 1.82) is 0 Å². The first-order chi connectivity index (χ1) is 8.81. The lowest BCUT2D eigenvalue weighted by Gasteiger charge is -2.07. The van der Waals surface area contributed by atoms with Gasteiger partial charge in [0.15, 0.2) is 0 Å². The van der Waals surface area contributed by atoms with Gasteiger partial charge in [0.2, 0.25) is 5.91 Å². The molecule has 5 heteroatoms. The Labute approximate surface area is 111 Å². The molecule has 0 aromatic heterocycles. The van der Waals surface area contributed by atoms with E-state index < -0.39 is 0 Å². The number of unbranched alkanes of at least 4 members (excludes halogenated alkanes) is 1. The summed E-state index contributed by atoms with van der Waals surface area (Å²) < 4.78 is 10.3. The molecule has 0 atom stereocenters. The summed E-state index contributed by atoms with van der Waals surface area (Å²) in [7, 11) is 1.66. The normalized spacial score (nSPS) is 10.6. The molecule has 0 spiro atoms. The van der Waals surface area contributed by atoms with E-state index in [1.165, 1.54) is 6.42 Å². The van der Waals surface area contributed by atoms with Gasteiger partial charge in [-0.05, 0) is 25.8 Å². The van der Waals surface area contributed by atoms with E-state index in [1.807, 2.05) is 0 Å². The van der Waals surface area contributed by atoms with Gasteiger partial charge >= 0.3 is 0 Å². The van der Waals surface area contributed by atoms with Gasteiger partial charge in [-0.3, -0.25) is 4.79 Å². The highest BCUT2D eigenvalue weighted by atomic mass is 16.5. The van der Waals surface area contributed by atoms with Gasteiger partial charge in [0.05, 0.1) is 6.54 Å². The molecule has 0 aliphatic carbocycles. The second-order valence-electron chi connectivity index (χ2n) is 4.19. The van der Waals surface area contributed by atoms with Gasteiger partial charge in [-0.25, -0.2) is 0 Å². The van der Waals surface area contributed by atoms with Gasteiger partial charge in [0.1, 0.15) is 0 Å². The summed E-state index contributed by atoms with van der Waals surface area (Å²) in [6, 6.07) is 0. The highest BCUT2D eigenvalue weighted by molar-refractivity contribution is 5.77. The average Bonchev–Trinajstić information content (AvgIpc) is 2.38. The smallest absolute Gasteiger partial charge is 0.233 e. The van der Waals surface area contributed by atoms with Gasteiger partial charge in [0, 0.05) is 33.5 Å². The third-order valence-corrected chi connectivity index (χ3v) is 2.42. The Balaban J connectivity index is 3.10. The number of hydrogen-bond acceptors (Lipinski definition) is 4. The summed E-state index contributed by atoms with van der Waals surface area (Å²) >= 11 is 0. The fraction of sp³-hybridized carbons (Fsp3) is 0.923. The number of amides is 1. The lowest BCUT2D eigenvalue weighted by molar-refractivity contribution is -0.120.